The number of para-hydroxylation sites is 1. The minimum Gasteiger partial charge on any atom is -0.496 e. The highest BCUT2D eigenvalue weighted by atomic mass is 32.2. The number of carbonyl (C=O) groups is 3. The average molecular weight is 514 g/mol. The number of aliphatic imine (C=N–C) groups is 1. The van der Waals surface area contributed by atoms with Crippen LogP contribution in [0.1, 0.15) is 44.7 Å². The van der Waals surface area contributed by atoms with Crippen LogP contribution in [-0.2, 0) is 23.9 Å². The van der Waals surface area contributed by atoms with E-state index in [9.17, 15) is 14.4 Å². The fraction of sp³-hybridized carbons (Fsp3) is 0.462. The molecule has 0 aliphatic carbocycles. The summed E-state index contributed by atoms with van der Waals surface area (Å²) in [6.07, 6.45) is 1.57. The number of rotatable bonds is 7. The van der Waals surface area contributed by atoms with Crippen molar-refractivity contribution in [1.29, 1.82) is 0 Å². The molecule has 1 aromatic rings. The second kappa shape index (κ2) is 11.2. The number of methoxy groups -OCH3 is 2. The Labute approximate surface area is 215 Å². The highest BCUT2D eigenvalue weighted by Gasteiger charge is 2.42. The molecule has 9 nitrogen and oxygen atoms in total. The van der Waals surface area contributed by atoms with Gasteiger partial charge in [0.25, 0.3) is 0 Å². The zero-order valence-corrected chi connectivity index (χ0v) is 21.8. The van der Waals surface area contributed by atoms with Crippen LogP contribution >= 0.6 is 11.8 Å². The first-order valence-electron chi connectivity index (χ1n) is 12.0. The van der Waals surface area contributed by atoms with Crippen LogP contribution in [0.3, 0.4) is 0 Å². The summed E-state index contributed by atoms with van der Waals surface area (Å²) in [4.78, 5) is 46.9. The number of amidine groups is 1. The lowest BCUT2D eigenvalue weighted by molar-refractivity contribution is -0.151. The van der Waals surface area contributed by atoms with Crippen LogP contribution in [0.4, 0.5) is 0 Å². The van der Waals surface area contributed by atoms with Gasteiger partial charge in [0.1, 0.15) is 5.75 Å². The van der Waals surface area contributed by atoms with E-state index in [1.807, 2.05) is 34.6 Å². The molecule has 3 heterocycles. The lowest BCUT2D eigenvalue weighted by Gasteiger charge is -2.37. The highest BCUT2D eigenvalue weighted by Crippen LogP contribution is 2.47. The second-order valence-corrected chi connectivity index (χ2v) is 9.57. The summed E-state index contributed by atoms with van der Waals surface area (Å²) >= 11 is 1.41. The van der Waals surface area contributed by atoms with Crippen LogP contribution in [0.25, 0.3) is 0 Å². The number of ether oxygens (including phenoxy) is 3. The van der Waals surface area contributed by atoms with E-state index < -0.39 is 12.0 Å². The molecule has 1 aromatic carbocycles. The van der Waals surface area contributed by atoms with E-state index in [1.54, 1.807) is 25.9 Å². The van der Waals surface area contributed by atoms with Crippen LogP contribution < -0.4 is 4.74 Å². The molecule has 0 bridgehead atoms. The second-order valence-electron chi connectivity index (χ2n) is 8.73. The number of amides is 1. The summed E-state index contributed by atoms with van der Waals surface area (Å²) in [6, 6.07) is 6.92. The third kappa shape index (κ3) is 5.00. The van der Waals surface area contributed by atoms with Gasteiger partial charge in [-0.1, -0.05) is 30.0 Å². The first kappa shape index (κ1) is 25.8. The van der Waals surface area contributed by atoms with E-state index in [-0.39, 0.29) is 24.2 Å². The Morgan fingerprint density at radius 1 is 1.19 bits per heavy atom. The summed E-state index contributed by atoms with van der Waals surface area (Å²) in [7, 11) is 2.93. The fourth-order valence-corrected chi connectivity index (χ4v) is 5.81. The van der Waals surface area contributed by atoms with Crippen molar-refractivity contribution in [3.63, 3.8) is 0 Å². The van der Waals surface area contributed by atoms with Crippen molar-refractivity contribution in [3.05, 3.63) is 52.2 Å². The van der Waals surface area contributed by atoms with E-state index in [2.05, 4.69) is 4.99 Å². The van der Waals surface area contributed by atoms with Crippen LogP contribution in [0.5, 0.6) is 5.75 Å². The number of carbonyl (C=O) groups excluding carboxylic acids is 3. The van der Waals surface area contributed by atoms with Gasteiger partial charge in [-0.05, 0) is 38.2 Å². The number of esters is 2. The van der Waals surface area contributed by atoms with Crippen molar-refractivity contribution in [2.75, 3.05) is 33.9 Å². The van der Waals surface area contributed by atoms with Gasteiger partial charge in [-0.15, -0.1) is 0 Å². The highest BCUT2D eigenvalue weighted by molar-refractivity contribution is 8.16. The van der Waals surface area contributed by atoms with Crippen molar-refractivity contribution in [2.45, 2.75) is 39.2 Å². The van der Waals surface area contributed by atoms with Crippen LogP contribution in [-0.4, -0.2) is 66.7 Å². The molecular formula is C26H31N3O6S. The van der Waals surface area contributed by atoms with Crippen molar-refractivity contribution in [2.24, 2.45) is 10.9 Å². The lowest BCUT2D eigenvalue weighted by atomic mass is 9.93. The van der Waals surface area contributed by atoms with E-state index >= 15 is 0 Å². The molecule has 3 aliphatic rings. The summed E-state index contributed by atoms with van der Waals surface area (Å²) < 4.78 is 15.9. The smallest absolute Gasteiger partial charge is 0.338 e. The monoisotopic (exact) mass is 513 g/mol. The molecule has 36 heavy (non-hydrogen) atoms. The molecule has 2 atom stereocenters. The Morgan fingerprint density at radius 2 is 1.97 bits per heavy atom. The third-order valence-corrected chi connectivity index (χ3v) is 7.45. The zero-order valence-electron chi connectivity index (χ0n) is 21.0. The molecule has 4 rings (SSSR count). The molecule has 192 valence electrons. The number of piperidine rings is 1. The molecular weight excluding hydrogens is 482 g/mol. The number of hydrogen-bond donors (Lipinski definition) is 0. The van der Waals surface area contributed by atoms with Gasteiger partial charge in [0, 0.05) is 24.4 Å². The minimum atomic E-state index is -0.566. The predicted octanol–water partition coefficient (Wildman–Crippen LogP) is 3.63. The summed E-state index contributed by atoms with van der Waals surface area (Å²) in [5.74, 6) is -0.507. The molecule has 1 amide bonds. The molecule has 3 aliphatic heterocycles. The molecule has 0 aromatic heterocycles. The van der Waals surface area contributed by atoms with Gasteiger partial charge in [0.05, 0.1) is 50.5 Å². The Balaban J connectivity index is 1.63. The number of benzene rings is 1. The fourth-order valence-electron chi connectivity index (χ4n) is 4.85. The normalized spacial score (nSPS) is 21.4. The summed E-state index contributed by atoms with van der Waals surface area (Å²) in [5.41, 5.74) is 2.46. The van der Waals surface area contributed by atoms with E-state index in [1.165, 1.54) is 18.9 Å². The van der Waals surface area contributed by atoms with Crippen LogP contribution in [0.2, 0.25) is 0 Å². The van der Waals surface area contributed by atoms with Crippen molar-refractivity contribution in [1.82, 2.24) is 9.80 Å². The number of nitrogens with zero attached hydrogens (tertiary/aromatic N) is 3. The third-order valence-electron chi connectivity index (χ3n) is 6.57. The zero-order chi connectivity index (χ0) is 25.8. The maximum atomic E-state index is 13.4. The van der Waals surface area contributed by atoms with Gasteiger partial charge in [0.15, 0.2) is 5.17 Å². The van der Waals surface area contributed by atoms with Gasteiger partial charge in [-0.25, -0.2) is 9.79 Å². The molecule has 2 unspecified atom stereocenters. The maximum absolute atomic E-state index is 13.4. The molecule has 0 N–H and O–H groups in total. The largest absolute Gasteiger partial charge is 0.496 e. The number of thioether (sulfide) groups is 1. The molecule has 0 radical (unpaired) electrons. The quantitative estimate of drug-likeness (QED) is 0.510. The Kier molecular flexibility index (Phi) is 8.03. The number of hydrogen-bond acceptors (Lipinski definition) is 9. The van der Waals surface area contributed by atoms with Gasteiger partial charge >= 0.3 is 11.9 Å². The van der Waals surface area contributed by atoms with Crippen molar-refractivity contribution >= 4 is 34.8 Å². The first-order chi connectivity index (χ1) is 17.4. The van der Waals surface area contributed by atoms with Gasteiger partial charge in [-0.2, -0.15) is 0 Å². The van der Waals surface area contributed by atoms with E-state index in [0.717, 1.165) is 17.7 Å². The molecule has 1 fully saturated rings. The number of allylic oxidation sites excluding steroid dienone is 1. The molecule has 0 saturated carbocycles. The number of likely N-dealkylation sites (tertiary alicyclic amines) is 1. The molecule has 0 spiro atoms. The van der Waals surface area contributed by atoms with Crippen LogP contribution in [0, 0.1) is 5.92 Å². The average Bonchev–Trinajstić information content (AvgIpc) is 3.29. The Bertz CT molecular complexity index is 1140. The van der Waals surface area contributed by atoms with Gasteiger partial charge in [-0.3, -0.25) is 9.59 Å². The van der Waals surface area contributed by atoms with Gasteiger partial charge in [0.2, 0.25) is 5.91 Å². The maximum Gasteiger partial charge on any atom is 0.338 e. The number of fused-ring (bicyclic) bond motifs is 1. The van der Waals surface area contributed by atoms with Crippen molar-refractivity contribution < 1.29 is 28.6 Å². The predicted molar refractivity (Wildman–Crippen MR) is 136 cm³/mol. The SMILES string of the molecule is CCOC(=O)C1CCCN(C(=O)CC2=CSC3=NC(C)=C(C(=O)OC)C(c4ccccc4OC)N23)C1. The Hall–Kier alpha value is -3.27. The lowest BCUT2D eigenvalue weighted by Crippen LogP contribution is -2.44. The van der Waals surface area contributed by atoms with E-state index in [0.29, 0.717) is 48.3 Å². The van der Waals surface area contributed by atoms with Gasteiger partial charge < -0.3 is 24.0 Å². The summed E-state index contributed by atoms with van der Waals surface area (Å²) in [5, 5.41) is 2.58. The van der Waals surface area contributed by atoms with Crippen molar-refractivity contribution in [3.8, 4) is 5.75 Å². The topological polar surface area (TPSA) is 97.7 Å². The Morgan fingerprint density at radius 3 is 2.69 bits per heavy atom. The standard InChI is InChI=1S/C26H31N3O6S/c1-5-35-24(31)17-9-8-12-28(14-17)21(30)13-18-15-36-26-27-16(2)22(25(32)34-4)23(29(18)26)19-10-6-7-11-20(19)33-3/h6-7,10-11,15,17,23H,5,8-9,12-14H2,1-4H3. The molecule has 1 saturated heterocycles. The van der Waals surface area contributed by atoms with E-state index in [4.69, 9.17) is 14.2 Å². The molecule has 10 heteroatoms. The minimum absolute atomic E-state index is 0.0817. The summed E-state index contributed by atoms with van der Waals surface area (Å²) in [6.45, 7) is 4.83. The first-order valence-corrected chi connectivity index (χ1v) is 12.9. The van der Waals surface area contributed by atoms with Crippen LogP contribution in [0.15, 0.2) is 51.6 Å².